The first-order valence-electron chi connectivity index (χ1n) is 12.7. The number of phenolic OH excluding ortho intramolecular Hbond substituents is 1. The van der Waals surface area contributed by atoms with Crippen molar-refractivity contribution in [2.24, 2.45) is 0 Å². The van der Waals surface area contributed by atoms with Crippen LogP contribution in [-0.4, -0.2) is 34.9 Å². The summed E-state index contributed by atoms with van der Waals surface area (Å²) in [5.41, 5.74) is 2.31. The van der Waals surface area contributed by atoms with Crippen molar-refractivity contribution >= 4 is 11.7 Å². The summed E-state index contributed by atoms with van der Waals surface area (Å²) >= 11 is 0. The molecule has 6 nitrogen and oxygen atoms in total. The number of nitrogens with one attached hydrogen (secondary N) is 1. The van der Waals surface area contributed by atoms with Crippen LogP contribution in [0.25, 0.3) is 0 Å². The van der Waals surface area contributed by atoms with Gasteiger partial charge in [-0.1, -0.05) is 38.7 Å². The van der Waals surface area contributed by atoms with Gasteiger partial charge in [-0.3, -0.25) is 14.6 Å². The van der Waals surface area contributed by atoms with Crippen LogP contribution in [0.4, 0.5) is 0 Å². The minimum absolute atomic E-state index is 0.0543. The molecule has 1 heterocycles. The Kier molecular flexibility index (Phi) is 12.8. The van der Waals surface area contributed by atoms with Gasteiger partial charge in [-0.2, -0.15) is 0 Å². The molecule has 1 aromatic carbocycles. The molecule has 6 heteroatoms. The standard InChI is InChI=1S/C28H40N2O4/c1-3-12-25-26(17-16-24(22(2)31)28(25)33)34-20-10-6-4-5-7-15-27(32)30-19-9-8-13-23-14-11-18-29-21-23/h11,14,16-18,21,33H,3-10,12-13,15,19-20H2,1-2H3,(H,30,32). The number of amides is 1. The Bertz CT molecular complexity index is 883. The van der Waals surface area contributed by atoms with Crippen molar-refractivity contribution in [1.29, 1.82) is 0 Å². The van der Waals surface area contributed by atoms with Crippen LogP contribution < -0.4 is 10.1 Å². The number of pyridine rings is 1. The van der Waals surface area contributed by atoms with Gasteiger partial charge in [-0.25, -0.2) is 0 Å². The van der Waals surface area contributed by atoms with Crippen LogP contribution >= 0.6 is 0 Å². The third-order valence-corrected chi connectivity index (χ3v) is 5.86. The number of aromatic hydroxyl groups is 1. The van der Waals surface area contributed by atoms with Gasteiger partial charge in [0.25, 0.3) is 0 Å². The summed E-state index contributed by atoms with van der Waals surface area (Å²) in [4.78, 5) is 27.7. The molecule has 186 valence electrons. The summed E-state index contributed by atoms with van der Waals surface area (Å²) in [5.74, 6) is 0.720. The number of aryl methyl sites for hydroxylation is 1. The lowest BCUT2D eigenvalue weighted by Crippen LogP contribution is -2.24. The van der Waals surface area contributed by atoms with E-state index in [-0.39, 0.29) is 17.4 Å². The van der Waals surface area contributed by atoms with E-state index in [1.165, 1.54) is 12.5 Å². The van der Waals surface area contributed by atoms with Crippen LogP contribution in [0.1, 0.15) is 93.1 Å². The third kappa shape index (κ3) is 9.94. The highest BCUT2D eigenvalue weighted by Crippen LogP contribution is 2.33. The molecule has 0 unspecified atom stereocenters. The van der Waals surface area contributed by atoms with Crippen LogP contribution in [0.3, 0.4) is 0 Å². The van der Waals surface area contributed by atoms with Crippen molar-refractivity contribution in [3.63, 3.8) is 0 Å². The van der Waals surface area contributed by atoms with Gasteiger partial charge in [-0.15, -0.1) is 0 Å². The Hall–Kier alpha value is -2.89. The zero-order chi connectivity index (χ0) is 24.6. The smallest absolute Gasteiger partial charge is 0.219 e. The van der Waals surface area contributed by atoms with Gasteiger partial charge in [0.05, 0.1) is 12.2 Å². The maximum Gasteiger partial charge on any atom is 0.219 e. The van der Waals surface area contributed by atoms with Crippen molar-refractivity contribution in [2.75, 3.05) is 13.2 Å². The number of phenols is 1. The summed E-state index contributed by atoms with van der Waals surface area (Å²) in [6.07, 6.45) is 13.8. The fourth-order valence-corrected chi connectivity index (χ4v) is 3.95. The number of carbonyl (C=O) groups is 2. The van der Waals surface area contributed by atoms with Crippen molar-refractivity contribution in [2.45, 2.75) is 84.5 Å². The number of Topliss-reactive ketones (excluding diaryl/α,β-unsaturated/α-hetero) is 1. The number of carbonyl (C=O) groups excluding carboxylic acids is 2. The highest BCUT2D eigenvalue weighted by molar-refractivity contribution is 5.97. The fraction of sp³-hybridized carbons (Fsp3) is 0.536. The Morgan fingerprint density at radius 2 is 1.79 bits per heavy atom. The van der Waals surface area contributed by atoms with Gasteiger partial charge in [0, 0.05) is 30.9 Å². The Morgan fingerprint density at radius 3 is 2.53 bits per heavy atom. The van der Waals surface area contributed by atoms with Gasteiger partial charge >= 0.3 is 0 Å². The zero-order valence-corrected chi connectivity index (χ0v) is 20.8. The number of hydrogen-bond donors (Lipinski definition) is 2. The predicted octanol–water partition coefficient (Wildman–Crippen LogP) is 5.80. The average Bonchev–Trinajstić information content (AvgIpc) is 2.83. The minimum atomic E-state index is -0.143. The molecule has 0 aliphatic carbocycles. The van der Waals surface area contributed by atoms with E-state index in [0.29, 0.717) is 30.8 Å². The average molecular weight is 469 g/mol. The lowest BCUT2D eigenvalue weighted by molar-refractivity contribution is -0.121. The van der Waals surface area contributed by atoms with Gasteiger partial charge in [-0.05, 0) is 69.2 Å². The number of ether oxygens (including phenoxy) is 1. The van der Waals surface area contributed by atoms with E-state index in [4.69, 9.17) is 4.74 Å². The molecule has 0 atom stereocenters. The summed E-state index contributed by atoms with van der Waals surface area (Å²) in [6, 6.07) is 7.46. The summed E-state index contributed by atoms with van der Waals surface area (Å²) in [7, 11) is 0. The van der Waals surface area contributed by atoms with Crippen LogP contribution in [-0.2, 0) is 17.6 Å². The lowest BCUT2D eigenvalue weighted by Gasteiger charge is -2.14. The van der Waals surface area contributed by atoms with E-state index in [9.17, 15) is 14.7 Å². The summed E-state index contributed by atoms with van der Waals surface area (Å²) < 4.78 is 5.90. The van der Waals surface area contributed by atoms with Crippen molar-refractivity contribution in [3.05, 3.63) is 53.3 Å². The van der Waals surface area contributed by atoms with E-state index in [2.05, 4.69) is 16.4 Å². The first kappa shape index (κ1) is 27.4. The predicted molar refractivity (Wildman–Crippen MR) is 135 cm³/mol. The molecule has 0 spiro atoms. The number of aromatic nitrogens is 1. The quantitative estimate of drug-likeness (QED) is 0.226. The van der Waals surface area contributed by atoms with E-state index >= 15 is 0 Å². The molecule has 1 aromatic heterocycles. The Labute approximate surface area is 204 Å². The third-order valence-electron chi connectivity index (χ3n) is 5.86. The van der Waals surface area contributed by atoms with Crippen LogP contribution in [0.2, 0.25) is 0 Å². The molecule has 2 aromatic rings. The number of rotatable bonds is 17. The number of nitrogens with zero attached hydrogens (tertiary/aromatic N) is 1. The number of hydrogen-bond acceptors (Lipinski definition) is 5. The Morgan fingerprint density at radius 1 is 1.00 bits per heavy atom. The zero-order valence-electron chi connectivity index (χ0n) is 20.8. The van der Waals surface area contributed by atoms with Gasteiger partial charge in [0.1, 0.15) is 11.5 Å². The fourth-order valence-electron chi connectivity index (χ4n) is 3.95. The van der Waals surface area contributed by atoms with Gasteiger partial charge < -0.3 is 15.2 Å². The van der Waals surface area contributed by atoms with Crippen molar-refractivity contribution in [1.82, 2.24) is 10.3 Å². The maximum atomic E-state index is 12.0. The molecule has 0 saturated carbocycles. The molecular formula is C28H40N2O4. The second kappa shape index (κ2) is 15.9. The lowest BCUT2D eigenvalue weighted by atomic mass is 10.0. The molecule has 0 bridgehead atoms. The van der Waals surface area contributed by atoms with Crippen molar-refractivity contribution in [3.8, 4) is 11.5 Å². The number of ketones is 1. The SMILES string of the molecule is CCCc1c(OCCCCCCCC(=O)NCCCCc2cccnc2)ccc(C(C)=O)c1O. The number of benzene rings is 1. The van der Waals surface area contributed by atoms with Gasteiger partial charge in [0.2, 0.25) is 5.91 Å². The minimum Gasteiger partial charge on any atom is -0.507 e. The van der Waals surface area contributed by atoms with Crippen LogP contribution in [0.5, 0.6) is 11.5 Å². The van der Waals surface area contributed by atoms with Crippen molar-refractivity contribution < 1.29 is 19.4 Å². The first-order valence-corrected chi connectivity index (χ1v) is 12.7. The molecule has 0 radical (unpaired) electrons. The Balaban J connectivity index is 1.51. The molecule has 2 rings (SSSR count). The van der Waals surface area contributed by atoms with Crippen LogP contribution in [0.15, 0.2) is 36.7 Å². The highest BCUT2D eigenvalue weighted by Gasteiger charge is 2.15. The molecule has 0 saturated heterocycles. The largest absolute Gasteiger partial charge is 0.507 e. The second-order valence-corrected chi connectivity index (χ2v) is 8.78. The van der Waals surface area contributed by atoms with E-state index in [1.807, 2.05) is 19.2 Å². The maximum absolute atomic E-state index is 12.0. The monoisotopic (exact) mass is 468 g/mol. The second-order valence-electron chi connectivity index (χ2n) is 8.78. The topological polar surface area (TPSA) is 88.5 Å². The molecule has 0 fully saturated rings. The first-order chi connectivity index (χ1) is 16.5. The van der Waals surface area contributed by atoms with E-state index < -0.39 is 0 Å². The number of unbranched alkanes of at least 4 members (excludes halogenated alkanes) is 5. The van der Waals surface area contributed by atoms with E-state index in [1.54, 1.807) is 18.3 Å². The molecule has 0 aliphatic heterocycles. The molecule has 0 aliphatic rings. The summed E-state index contributed by atoms with van der Waals surface area (Å²) in [5, 5.41) is 13.4. The summed E-state index contributed by atoms with van der Waals surface area (Å²) in [6.45, 7) is 4.81. The molecular weight excluding hydrogens is 428 g/mol. The highest BCUT2D eigenvalue weighted by atomic mass is 16.5. The van der Waals surface area contributed by atoms with E-state index in [0.717, 1.165) is 69.9 Å². The normalized spacial score (nSPS) is 10.8. The molecule has 1 amide bonds. The van der Waals surface area contributed by atoms with Crippen LogP contribution in [0, 0.1) is 0 Å². The molecule has 34 heavy (non-hydrogen) atoms. The van der Waals surface area contributed by atoms with Gasteiger partial charge in [0.15, 0.2) is 5.78 Å². The molecule has 2 N–H and O–H groups in total.